The molecule has 0 aliphatic carbocycles. The summed E-state index contributed by atoms with van der Waals surface area (Å²) >= 11 is 0. The second kappa shape index (κ2) is 7.53. The van der Waals surface area contributed by atoms with E-state index in [9.17, 15) is 9.59 Å². The third-order valence-electron chi connectivity index (χ3n) is 2.76. The molecular weight excluding hydrogens is 244 g/mol. The Labute approximate surface area is 113 Å². The van der Waals surface area contributed by atoms with Gasteiger partial charge in [0.1, 0.15) is 0 Å². The molecule has 5 heteroatoms. The summed E-state index contributed by atoms with van der Waals surface area (Å²) in [5.41, 5.74) is 1.75. The van der Waals surface area contributed by atoms with Gasteiger partial charge >= 0.3 is 0 Å². The zero-order chi connectivity index (χ0) is 14.3. The highest BCUT2D eigenvalue weighted by Crippen LogP contribution is 2.12. The van der Waals surface area contributed by atoms with Crippen molar-refractivity contribution in [2.75, 3.05) is 32.1 Å². The van der Waals surface area contributed by atoms with Crippen LogP contribution in [0.25, 0.3) is 0 Å². The summed E-state index contributed by atoms with van der Waals surface area (Å²) in [6.45, 7) is 4.22. The van der Waals surface area contributed by atoms with E-state index < -0.39 is 0 Å². The van der Waals surface area contributed by atoms with Gasteiger partial charge in [0.05, 0.1) is 13.2 Å². The number of rotatable bonds is 6. The highest BCUT2D eigenvalue weighted by atomic mass is 16.5. The van der Waals surface area contributed by atoms with Crippen molar-refractivity contribution < 1.29 is 14.3 Å². The molecule has 2 amide bonds. The van der Waals surface area contributed by atoms with Gasteiger partial charge in [0.2, 0.25) is 11.8 Å². The first-order valence-corrected chi connectivity index (χ1v) is 6.14. The Morgan fingerprint density at radius 1 is 1.32 bits per heavy atom. The average molecular weight is 264 g/mol. The fourth-order valence-corrected chi connectivity index (χ4v) is 1.63. The fraction of sp³-hybridized carbons (Fsp3) is 0.429. The number of anilines is 1. The monoisotopic (exact) mass is 264 g/mol. The summed E-state index contributed by atoms with van der Waals surface area (Å²) in [4.78, 5) is 24.7. The fourth-order valence-electron chi connectivity index (χ4n) is 1.63. The SMILES string of the molecule is COCCN(CC(=O)Nc1ccccc1C)C(C)=O. The number of amides is 2. The third-order valence-corrected chi connectivity index (χ3v) is 2.76. The van der Waals surface area contributed by atoms with E-state index in [1.54, 1.807) is 7.11 Å². The van der Waals surface area contributed by atoms with Crippen molar-refractivity contribution in [1.29, 1.82) is 0 Å². The van der Waals surface area contributed by atoms with Crippen LogP contribution in [-0.4, -0.2) is 43.5 Å². The lowest BCUT2D eigenvalue weighted by Crippen LogP contribution is -2.38. The van der Waals surface area contributed by atoms with E-state index in [0.717, 1.165) is 11.3 Å². The highest BCUT2D eigenvalue weighted by Gasteiger charge is 2.13. The Morgan fingerprint density at radius 3 is 2.58 bits per heavy atom. The van der Waals surface area contributed by atoms with Crippen molar-refractivity contribution in [2.24, 2.45) is 0 Å². The van der Waals surface area contributed by atoms with E-state index in [4.69, 9.17) is 4.74 Å². The number of nitrogens with zero attached hydrogens (tertiary/aromatic N) is 1. The maximum absolute atomic E-state index is 11.9. The molecule has 0 aliphatic rings. The first-order chi connectivity index (χ1) is 9.04. The Hall–Kier alpha value is -1.88. The van der Waals surface area contributed by atoms with Gasteiger partial charge in [0.15, 0.2) is 0 Å². The number of carbonyl (C=O) groups excluding carboxylic acids is 2. The average Bonchev–Trinajstić information content (AvgIpc) is 2.37. The zero-order valence-electron chi connectivity index (χ0n) is 11.6. The Morgan fingerprint density at radius 2 is 2.00 bits per heavy atom. The van der Waals surface area contributed by atoms with E-state index in [1.165, 1.54) is 11.8 Å². The van der Waals surface area contributed by atoms with Crippen LogP contribution in [0.1, 0.15) is 12.5 Å². The van der Waals surface area contributed by atoms with Gasteiger partial charge in [-0.2, -0.15) is 0 Å². The quantitative estimate of drug-likeness (QED) is 0.845. The van der Waals surface area contributed by atoms with Crippen molar-refractivity contribution in [3.63, 3.8) is 0 Å². The van der Waals surface area contributed by atoms with Crippen LogP contribution < -0.4 is 5.32 Å². The lowest BCUT2D eigenvalue weighted by atomic mass is 10.2. The van der Waals surface area contributed by atoms with E-state index in [2.05, 4.69) is 5.32 Å². The number of hydrogen-bond acceptors (Lipinski definition) is 3. The van der Waals surface area contributed by atoms with Crippen LogP contribution in [0.3, 0.4) is 0 Å². The van der Waals surface area contributed by atoms with Gasteiger partial charge in [-0.25, -0.2) is 0 Å². The molecule has 0 fully saturated rings. The molecule has 0 aromatic heterocycles. The van der Waals surface area contributed by atoms with Crippen molar-refractivity contribution in [2.45, 2.75) is 13.8 Å². The molecule has 5 nitrogen and oxygen atoms in total. The molecule has 1 aromatic carbocycles. The number of carbonyl (C=O) groups is 2. The topological polar surface area (TPSA) is 58.6 Å². The first kappa shape index (κ1) is 15.2. The van der Waals surface area contributed by atoms with Crippen molar-refractivity contribution in [3.05, 3.63) is 29.8 Å². The minimum Gasteiger partial charge on any atom is -0.383 e. The van der Waals surface area contributed by atoms with Gasteiger partial charge in [-0.1, -0.05) is 18.2 Å². The van der Waals surface area contributed by atoms with Crippen molar-refractivity contribution >= 4 is 17.5 Å². The lowest BCUT2D eigenvalue weighted by Gasteiger charge is -2.20. The summed E-state index contributed by atoms with van der Waals surface area (Å²) in [6, 6.07) is 7.52. The molecule has 0 spiro atoms. The number of ether oxygens (including phenoxy) is 1. The molecule has 1 rings (SSSR count). The van der Waals surface area contributed by atoms with Crippen LogP contribution in [-0.2, 0) is 14.3 Å². The number of nitrogens with one attached hydrogen (secondary N) is 1. The Balaban J connectivity index is 2.58. The lowest BCUT2D eigenvalue weighted by molar-refractivity contribution is -0.133. The summed E-state index contributed by atoms with van der Waals surface area (Å²) in [5, 5.41) is 2.80. The van der Waals surface area contributed by atoms with E-state index in [1.807, 2.05) is 31.2 Å². The number of para-hydroxylation sites is 1. The van der Waals surface area contributed by atoms with E-state index in [0.29, 0.717) is 13.2 Å². The summed E-state index contributed by atoms with van der Waals surface area (Å²) in [6.07, 6.45) is 0. The molecule has 19 heavy (non-hydrogen) atoms. The molecule has 0 saturated carbocycles. The summed E-state index contributed by atoms with van der Waals surface area (Å²) in [7, 11) is 1.56. The van der Waals surface area contributed by atoms with Gasteiger partial charge in [0, 0.05) is 26.3 Å². The maximum Gasteiger partial charge on any atom is 0.244 e. The highest BCUT2D eigenvalue weighted by molar-refractivity contribution is 5.94. The zero-order valence-corrected chi connectivity index (χ0v) is 11.6. The van der Waals surface area contributed by atoms with Gasteiger partial charge in [0.25, 0.3) is 0 Å². The molecule has 0 aliphatic heterocycles. The molecule has 1 N–H and O–H groups in total. The standard InChI is InChI=1S/C14H20N2O3/c1-11-6-4-5-7-13(11)15-14(18)10-16(12(2)17)8-9-19-3/h4-7H,8-10H2,1-3H3,(H,15,18). The van der Waals surface area contributed by atoms with Gasteiger partial charge < -0.3 is 15.0 Å². The number of benzene rings is 1. The molecule has 1 aromatic rings. The van der Waals surface area contributed by atoms with Crippen LogP contribution in [0.2, 0.25) is 0 Å². The second-order valence-electron chi connectivity index (χ2n) is 4.30. The predicted molar refractivity (Wildman–Crippen MR) is 73.9 cm³/mol. The third kappa shape index (κ3) is 5.09. The summed E-state index contributed by atoms with van der Waals surface area (Å²) in [5.74, 6) is -0.349. The normalized spacial score (nSPS) is 10.1. The van der Waals surface area contributed by atoms with Gasteiger partial charge in [-0.05, 0) is 18.6 Å². The molecule has 0 bridgehead atoms. The molecule has 0 heterocycles. The predicted octanol–water partition coefficient (Wildman–Crippen LogP) is 1.43. The van der Waals surface area contributed by atoms with E-state index >= 15 is 0 Å². The molecule has 0 saturated heterocycles. The Bertz CT molecular complexity index is 446. The minimum absolute atomic E-state index is 0.0347. The maximum atomic E-state index is 11.9. The van der Waals surface area contributed by atoms with Crippen LogP contribution in [0.5, 0.6) is 0 Å². The van der Waals surface area contributed by atoms with Crippen LogP contribution >= 0.6 is 0 Å². The second-order valence-corrected chi connectivity index (χ2v) is 4.30. The summed E-state index contributed by atoms with van der Waals surface area (Å²) < 4.78 is 4.92. The van der Waals surface area contributed by atoms with Crippen molar-refractivity contribution in [1.82, 2.24) is 4.90 Å². The van der Waals surface area contributed by atoms with Crippen LogP contribution in [0.4, 0.5) is 5.69 Å². The number of hydrogen-bond donors (Lipinski definition) is 1. The van der Waals surface area contributed by atoms with Gasteiger partial charge in [-0.15, -0.1) is 0 Å². The van der Waals surface area contributed by atoms with Gasteiger partial charge in [-0.3, -0.25) is 9.59 Å². The van der Waals surface area contributed by atoms with Crippen LogP contribution in [0.15, 0.2) is 24.3 Å². The molecule has 104 valence electrons. The van der Waals surface area contributed by atoms with Crippen LogP contribution in [0, 0.1) is 6.92 Å². The first-order valence-electron chi connectivity index (χ1n) is 6.14. The number of methoxy groups -OCH3 is 1. The minimum atomic E-state index is -0.208. The molecule has 0 atom stereocenters. The number of aryl methyl sites for hydroxylation is 1. The molecular formula is C14H20N2O3. The Kier molecular flexibility index (Phi) is 6.02. The van der Waals surface area contributed by atoms with E-state index in [-0.39, 0.29) is 18.4 Å². The van der Waals surface area contributed by atoms with Crippen molar-refractivity contribution in [3.8, 4) is 0 Å². The molecule has 0 radical (unpaired) electrons. The molecule has 0 unspecified atom stereocenters. The largest absolute Gasteiger partial charge is 0.383 e. The smallest absolute Gasteiger partial charge is 0.244 e.